The SMILES string of the molecule is CCCc1nc2c(C)cc(-c3nc4ccccc4n3C)cc2n1Cc1ccc(OC(c2ccccc2)c2nn[nH]n2)cc1. The quantitative estimate of drug-likeness (QED) is 0.211. The van der Waals surface area contributed by atoms with Gasteiger partial charge in [-0.2, -0.15) is 5.21 Å². The van der Waals surface area contributed by atoms with E-state index in [1.165, 1.54) is 0 Å². The number of aryl methyl sites for hydroxylation is 3. The molecule has 3 heterocycles. The van der Waals surface area contributed by atoms with E-state index >= 15 is 0 Å². The van der Waals surface area contributed by atoms with Crippen LogP contribution in [0.1, 0.15) is 47.8 Å². The summed E-state index contributed by atoms with van der Waals surface area (Å²) in [6, 6.07) is 30.8. The maximum Gasteiger partial charge on any atom is 0.219 e. The van der Waals surface area contributed by atoms with Gasteiger partial charge in [0.25, 0.3) is 0 Å². The first-order chi connectivity index (χ1) is 21.1. The van der Waals surface area contributed by atoms with Crippen LogP contribution in [0, 0.1) is 6.92 Å². The number of benzene rings is 4. The number of hydrogen-bond acceptors (Lipinski definition) is 6. The van der Waals surface area contributed by atoms with Crippen LogP contribution in [0.2, 0.25) is 0 Å². The third kappa shape index (κ3) is 5.03. The van der Waals surface area contributed by atoms with Gasteiger partial charge in [0.15, 0.2) is 6.10 Å². The number of nitrogens with zero attached hydrogens (tertiary/aromatic N) is 7. The van der Waals surface area contributed by atoms with E-state index in [4.69, 9.17) is 14.7 Å². The number of imidazole rings is 2. The van der Waals surface area contributed by atoms with Gasteiger partial charge in [0.1, 0.15) is 17.4 Å². The van der Waals surface area contributed by atoms with Gasteiger partial charge in [-0.3, -0.25) is 0 Å². The van der Waals surface area contributed by atoms with Gasteiger partial charge in [0, 0.05) is 31.1 Å². The van der Waals surface area contributed by atoms with E-state index in [9.17, 15) is 0 Å². The highest BCUT2D eigenvalue weighted by Gasteiger charge is 2.21. The second kappa shape index (κ2) is 11.2. The Hall–Kier alpha value is -5.31. The highest BCUT2D eigenvalue weighted by Crippen LogP contribution is 2.31. The number of aromatic amines is 1. The molecule has 43 heavy (non-hydrogen) atoms. The lowest BCUT2D eigenvalue weighted by Gasteiger charge is -2.17. The largest absolute Gasteiger partial charge is 0.478 e. The Kier molecular flexibility index (Phi) is 6.90. The van der Waals surface area contributed by atoms with Crippen molar-refractivity contribution in [1.29, 1.82) is 0 Å². The Morgan fingerprint density at radius 3 is 2.42 bits per heavy atom. The van der Waals surface area contributed by atoms with E-state index in [0.29, 0.717) is 12.4 Å². The first-order valence-corrected chi connectivity index (χ1v) is 14.5. The molecule has 0 saturated heterocycles. The molecule has 7 rings (SSSR count). The van der Waals surface area contributed by atoms with Crippen LogP contribution in [-0.4, -0.2) is 39.7 Å². The highest BCUT2D eigenvalue weighted by atomic mass is 16.5. The van der Waals surface area contributed by atoms with Crippen molar-refractivity contribution in [2.45, 2.75) is 39.3 Å². The number of nitrogens with one attached hydrogen (secondary N) is 1. The van der Waals surface area contributed by atoms with Crippen LogP contribution >= 0.6 is 0 Å². The highest BCUT2D eigenvalue weighted by molar-refractivity contribution is 5.87. The number of para-hydroxylation sites is 2. The van der Waals surface area contributed by atoms with Crippen molar-refractivity contribution < 1.29 is 4.74 Å². The normalized spacial score (nSPS) is 12.3. The third-order valence-corrected chi connectivity index (χ3v) is 7.86. The summed E-state index contributed by atoms with van der Waals surface area (Å²) in [4.78, 5) is 10.1. The molecule has 214 valence electrons. The minimum absolute atomic E-state index is 0.469. The number of fused-ring (bicyclic) bond motifs is 2. The van der Waals surface area contributed by atoms with Gasteiger partial charge in [-0.1, -0.05) is 66.7 Å². The summed E-state index contributed by atoms with van der Waals surface area (Å²) in [5, 5.41) is 14.6. The van der Waals surface area contributed by atoms with Gasteiger partial charge in [-0.25, -0.2) is 9.97 Å². The fraction of sp³-hybridized carbons (Fsp3) is 0.206. The zero-order valence-electron chi connectivity index (χ0n) is 24.4. The van der Waals surface area contributed by atoms with E-state index in [0.717, 1.165) is 74.6 Å². The number of hydrogen-bond donors (Lipinski definition) is 1. The third-order valence-electron chi connectivity index (χ3n) is 7.86. The topological polar surface area (TPSA) is 99.3 Å². The molecule has 0 fully saturated rings. The summed E-state index contributed by atoms with van der Waals surface area (Å²) >= 11 is 0. The van der Waals surface area contributed by atoms with Crippen molar-refractivity contribution >= 4 is 22.1 Å². The molecule has 7 aromatic rings. The average molecular weight is 569 g/mol. The predicted molar refractivity (Wildman–Crippen MR) is 167 cm³/mol. The molecule has 3 aromatic heterocycles. The van der Waals surface area contributed by atoms with Crippen LogP contribution in [0.15, 0.2) is 91.0 Å². The molecule has 0 aliphatic rings. The maximum absolute atomic E-state index is 6.37. The molecule has 0 saturated carbocycles. The average Bonchev–Trinajstić information content (AvgIpc) is 3.77. The number of H-pyrrole nitrogens is 1. The Morgan fingerprint density at radius 1 is 0.884 bits per heavy atom. The fourth-order valence-electron chi connectivity index (χ4n) is 5.73. The molecule has 0 amide bonds. The Morgan fingerprint density at radius 2 is 1.67 bits per heavy atom. The number of ether oxygens (including phenoxy) is 1. The van der Waals surface area contributed by atoms with Crippen LogP contribution in [0.5, 0.6) is 5.75 Å². The smallest absolute Gasteiger partial charge is 0.219 e. The van der Waals surface area contributed by atoms with Crippen LogP contribution in [0.25, 0.3) is 33.5 Å². The van der Waals surface area contributed by atoms with Crippen LogP contribution in [0.4, 0.5) is 0 Å². The molecular weight excluding hydrogens is 536 g/mol. The van der Waals surface area contributed by atoms with Crippen molar-refractivity contribution in [3.8, 4) is 17.1 Å². The molecule has 0 bridgehead atoms. The van der Waals surface area contributed by atoms with Gasteiger partial charge in [-0.15, -0.1) is 10.2 Å². The minimum Gasteiger partial charge on any atom is -0.478 e. The molecule has 1 unspecified atom stereocenters. The van der Waals surface area contributed by atoms with Crippen molar-refractivity contribution in [3.63, 3.8) is 0 Å². The van der Waals surface area contributed by atoms with E-state index < -0.39 is 6.10 Å². The lowest BCUT2D eigenvalue weighted by Crippen LogP contribution is -2.11. The molecule has 9 heteroatoms. The second-order valence-corrected chi connectivity index (χ2v) is 10.8. The Bertz CT molecular complexity index is 2010. The fourth-order valence-corrected chi connectivity index (χ4v) is 5.73. The van der Waals surface area contributed by atoms with Crippen LogP contribution in [-0.2, 0) is 20.0 Å². The second-order valence-electron chi connectivity index (χ2n) is 10.8. The summed E-state index contributed by atoms with van der Waals surface area (Å²) in [6.07, 6.45) is 1.45. The van der Waals surface area contributed by atoms with Crippen LogP contribution < -0.4 is 4.74 Å². The van der Waals surface area contributed by atoms with E-state index in [-0.39, 0.29) is 0 Å². The van der Waals surface area contributed by atoms with Crippen LogP contribution in [0.3, 0.4) is 0 Å². The molecule has 0 spiro atoms. The standard InChI is InChI=1S/C34H32N8O/c1-4-10-30-36-31-22(2)19-25(34-35-27-13-8-9-14-28(27)41(34)3)20-29(31)42(30)21-23-15-17-26(18-16-23)43-32(33-37-39-40-38-33)24-11-6-5-7-12-24/h5-9,11-20,32H,4,10,21H2,1-3H3,(H,37,38,39,40). The van der Waals surface area contributed by atoms with Crippen molar-refractivity contribution in [2.75, 3.05) is 0 Å². The van der Waals surface area contributed by atoms with Gasteiger partial charge in [0.2, 0.25) is 5.82 Å². The lowest BCUT2D eigenvalue weighted by molar-refractivity contribution is 0.237. The van der Waals surface area contributed by atoms with E-state index in [1.807, 2.05) is 48.5 Å². The first-order valence-electron chi connectivity index (χ1n) is 14.5. The summed E-state index contributed by atoms with van der Waals surface area (Å²) in [7, 11) is 2.08. The zero-order chi connectivity index (χ0) is 29.3. The monoisotopic (exact) mass is 568 g/mol. The van der Waals surface area contributed by atoms with Gasteiger partial charge in [-0.05, 0) is 60.9 Å². The summed E-state index contributed by atoms with van der Waals surface area (Å²) in [6.45, 7) is 5.03. The van der Waals surface area contributed by atoms with Crippen molar-refractivity contribution in [1.82, 2.24) is 39.7 Å². The molecule has 0 radical (unpaired) electrons. The molecule has 1 N–H and O–H groups in total. The predicted octanol–water partition coefficient (Wildman–Crippen LogP) is 6.58. The molecule has 9 nitrogen and oxygen atoms in total. The molecule has 0 aliphatic heterocycles. The summed E-state index contributed by atoms with van der Waals surface area (Å²) < 4.78 is 10.9. The molecule has 4 aromatic carbocycles. The van der Waals surface area contributed by atoms with Gasteiger partial charge >= 0.3 is 0 Å². The lowest BCUT2D eigenvalue weighted by atomic mass is 10.1. The number of rotatable bonds is 9. The summed E-state index contributed by atoms with van der Waals surface area (Å²) in [5.74, 6) is 3.25. The number of aromatic nitrogens is 8. The van der Waals surface area contributed by atoms with E-state index in [2.05, 4.69) is 93.1 Å². The number of tetrazole rings is 1. The van der Waals surface area contributed by atoms with Crippen molar-refractivity contribution in [2.24, 2.45) is 7.05 Å². The molecule has 1 atom stereocenters. The molecular formula is C34H32N8O. The zero-order valence-corrected chi connectivity index (χ0v) is 24.4. The van der Waals surface area contributed by atoms with Gasteiger partial charge < -0.3 is 13.9 Å². The van der Waals surface area contributed by atoms with Crippen molar-refractivity contribution in [3.05, 3.63) is 119 Å². The Balaban J connectivity index is 1.22. The van der Waals surface area contributed by atoms with E-state index in [1.54, 1.807) is 0 Å². The summed E-state index contributed by atoms with van der Waals surface area (Å²) in [5.41, 5.74) is 8.61. The minimum atomic E-state index is -0.469. The Labute approximate surface area is 249 Å². The molecule has 0 aliphatic carbocycles. The first kappa shape index (κ1) is 26.6. The maximum atomic E-state index is 6.37. The van der Waals surface area contributed by atoms with Gasteiger partial charge in [0.05, 0.1) is 22.1 Å².